The van der Waals surface area contributed by atoms with Gasteiger partial charge in [0.05, 0.1) is 17.7 Å². The molecule has 1 aromatic rings. The number of benzene rings is 1. The predicted octanol–water partition coefficient (Wildman–Crippen LogP) is 2.60. The maximum atomic E-state index is 13.1. The molecule has 84 valence electrons. The molecule has 1 rings (SSSR count). The Morgan fingerprint density at radius 3 is 2.87 bits per heavy atom. The van der Waals surface area contributed by atoms with Crippen LogP contribution in [0.5, 0.6) is 0 Å². The number of ether oxygens (including phenoxy) is 1. The third-order valence-corrected chi connectivity index (χ3v) is 2.32. The van der Waals surface area contributed by atoms with Crippen molar-refractivity contribution in [3.63, 3.8) is 0 Å². The van der Waals surface area contributed by atoms with Crippen LogP contribution in [0.2, 0.25) is 5.02 Å². The van der Waals surface area contributed by atoms with Gasteiger partial charge in [-0.05, 0) is 31.7 Å². The van der Waals surface area contributed by atoms with Crippen molar-refractivity contribution >= 4 is 11.6 Å². The van der Waals surface area contributed by atoms with Gasteiger partial charge in [0.15, 0.2) is 0 Å². The molecule has 0 saturated carbocycles. The first-order valence-corrected chi connectivity index (χ1v) is 5.21. The summed E-state index contributed by atoms with van der Waals surface area (Å²) in [7, 11) is 1.86. The van der Waals surface area contributed by atoms with Crippen molar-refractivity contribution in [1.82, 2.24) is 5.32 Å². The minimum Gasteiger partial charge on any atom is -0.373 e. The zero-order valence-electron chi connectivity index (χ0n) is 8.89. The van der Waals surface area contributed by atoms with E-state index in [4.69, 9.17) is 16.3 Å². The standard InChI is InChI=1S/C11H15ClFNO/c1-8(6-14-2)15-7-9-3-4-10(12)11(13)5-9/h3-5,8,14H,6-7H2,1-2H3. The number of halogens is 2. The van der Waals surface area contributed by atoms with Crippen LogP contribution < -0.4 is 5.32 Å². The molecule has 0 saturated heterocycles. The summed E-state index contributed by atoms with van der Waals surface area (Å²) in [5.41, 5.74) is 0.792. The van der Waals surface area contributed by atoms with E-state index < -0.39 is 5.82 Å². The molecule has 2 nitrogen and oxygen atoms in total. The van der Waals surface area contributed by atoms with E-state index >= 15 is 0 Å². The van der Waals surface area contributed by atoms with Crippen LogP contribution in [0.4, 0.5) is 4.39 Å². The van der Waals surface area contributed by atoms with Crippen LogP contribution in [0.1, 0.15) is 12.5 Å². The lowest BCUT2D eigenvalue weighted by molar-refractivity contribution is 0.0543. The largest absolute Gasteiger partial charge is 0.373 e. The highest BCUT2D eigenvalue weighted by atomic mass is 35.5. The quantitative estimate of drug-likeness (QED) is 0.841. The molecule has 0 amide bonds. The van der Waals surface area contributed by atoms with Crippen molar-refractivity contribution in [3.05, 3.63) is 34.6 Å². The van der Waals surface area contributed by atoms with E-state index in [0.29, 0.717) is 6.61 Å². The molecule has 0 fully saturated rings. The van der Waals surface area contributed by atoms with Crippen molar-refractivity contribution in [2.45, 2.75) is 19.6 Å². The second-order valence-corrected chi connectivity index (χ2v) is 3.83. The Morgan fingerprint density at radius 2 is 2.27 bits per heavy atom. The topological polar surface area (TPSA) is 21.3 Å². The summed E-state index contributed by atoms with van der Waals surface area (Å²) < 4.78 is 18.5. The molecule has 0 aliphatic carbocycles. The lowest BCUT2D eigenvalue weighted by Gasteiger charge is -2.12. The van der Waals surface area contributed by atoms with Gasteiger partial charge in [-0.3, -0.25) is 0 Å². The normalized spacial score (nSPS) is 12.8. The van der Waals surface area contributed by atoms with Gasteiger partial charge in [-0.15, -0.1) is 0 Å². The second kappa shape index (κ2) is 6.05. The van der Waals surface area contributed by atoms with E-state index in [-0.39, 0.29) is 11.1 Å². The first-order valence-electron chi connectivity index (χ1n) is 4.83. The summed E-state index contributed by atoms with van der Waals surface area (Å²) in [5, 5.41) is 3.14. The van der Waals surface area contributed by atoms with Gasteiger partial charge in [0.25, 0.3) is 0 Å². The van der Waals surface area contributed by atoms with Crippen LogP contribution in [0, 0.1) is 5.82 Å². The van der Waals surface area contributed by atoms with Crippen molar-refractivity contribution in [2.75, 3.05) is 13.6 Å². The van der Waals surface area contributed by atoms with Crippen LogP contribution in [0.3, 0.4) is 0 Å². The Labute approximate surface area is 94.4 Å². The number of likely N-dealkylation sites (N-methyl/N-ethyl adjacent to an activating group) is 1. The lowest BCUT2D eigenvalue weighted by atomic mass is 10.2. The fourth-order valence-electron chi connectivity index (χ4n) is 1.21. The monoisotopic (exact) mass is 231 g/mol. The Kier molecular flexibility index (Phi) is 5.02. The second-order valence-electron chi connectivity index (χ2n) is 3.43. The Bertz CT molecular complexity index is 319. The minimum absolute atomic E-state index is 0.105. The summed E-state index contributed by atoms with van der Waals surface area (Å²) in [6, 6.07) is 4.70. The van der Waals surface area contributed by atoms with Crippen LogP contribution in [-0.4, -0.2) is 19.7 Å². The molecule has 0 bridgehead atoms. The van der Waals surface area contributed by atoms with E-state index in [0.717, 1.165) is 12.1 Å². The van der Waals surface area contributed by atoms with Gasteiger partial charge >= 0.3 is 0 Å². The molecule has 0 radical (unpaired) electrons. The van der Waals surface area contributed by atoms with Crippen molar-refractivity contribution in [2.24, 2.45) is 0 Å². The van der Waals surface area contributed by atoms with Gasteiger partial charge < -0.3 is 10.1 Å². The number of hydrogen-bond acceptors (Lipinski definition) is 2. The third-order valence-electron chi connectivity index (χ3n) is 2.01. The molecule has 0 aliphatic rings. The molecule has 0 aliphatic heterocycles. The molecule has 1 unspecified atom stereocenters. The van der Waals surface area contributed by atoms with Crippen LogP contribution in [-0.2, 0) is 11.3 Å². The van der Waals surface area contributed by atoms with E-state index in [9.17, 15) is 4.39 Å². The molecular weight excluding hydrogens is 217 g/mol. The van der Waals surface area contributed by atoms with Crippen LogP contribution in [0.25, 0.3) is 0 Å². The number of nitrogens with one attached hydrogen (secondary N) is 1. The van der Waals surface area contributed by atoms with Gasteiger partial charge in [-0.1, -0.05) is 17.7 Å². The number of hydrogen-bond donors (Lipinski definition) is 1. The molecule has 0 heterocycles. The highest BCUT2D eigenvalue weighted by molar-refractivity contribution is 6.30. The lowest BCUT2D eigenvalue weighted by Crippen LogP contribution is -2.23. The smallest absolute Gasteiger partial charge is 0.142 e. The average Bonchev–Trinajstić information content (AvgIpc) is 2.20. The Morgan fingerprint density at radius 1 is 1.53 bits per heavy atom. The van der Waals surface area contributed by atoms with Crippen LogP contribution in [0.15, 0.2) is 18.2 Å². The maximum Gasteiger partial charge on any atom is 0.142 e. The van der Waals surface area contributed by atoms with Gasteiger partial charge in [0, 0.05) is 6.54 Å². The van der Waals surface area contributed by atoms with E-state index in [1.54, 1.807) is 6.07 Å². The summed E-state index contributed by atoms with van der Waals surface area (Å²) in [6.45, 7) is 3.13. The first-order chi connectivity index (χ1) is 7.13. The first kappa shape index (κ1) is 12.4. The minimum atomic E-state index is -0.404. The summed E-state index contributed by atoms with van der Waals surface area (Å²) in [6.07, 6.45) is 0.105. The number of rotatable bonds is 5. The molecule has 1 atom stereocenters. The van der Waals surface area contributed by atoms with Gasteiger partial charge in [-0.2, -0.15) is 0 Å². The molecule has 0 spiro atoms. The zero-order valence-corrected chi connectivity index (χ0v) is 9.64. The van der Waals surface area contributed by atoms with Crippen molar-refractivity contribution in [3.8, 4) is 0 Å². The van der Waals surface area contributed by atoms with Crippen LogP contribution >= 0.6 is 11.6 Å². The zero-order chi connectivity index (χ0) is 11.3. The summed E-state index contributed by atoms with van der Waals surface area (Å²) >= 11 is 5.57. The van der Waals surface area contributed by atoms with Gasteiger partial charge in [-0.25, -0.2) is 4.39 Å². The maximum absolute atomic E-state index is 13.1. The molecule has 1 aromatic carbocycles. The average molecular weight is 232 g/mol. The fraction of sp³-hybridized carbons (Fsp3) is 0.455. The highest BCUT2D eigenvalue weighted by Gasteiger charge is 2.04. The summed E-state index contributed by atoms with van der Waals surface area (Å²) in [5.74, 6) is -0.404. The Hall–Kier alpha value is -0.640. The molecule has 0 aromatic heterocycles. The fourth-order valence-corrected chi connectivity index (χ4v) is 1.33. The molecule has 4 heteroatoms. The van der Waals surface area contributed by atoms with E-state index in [2.05, 4.69) is 5.32 Å². The molecular formula is C11H15ClFNO. The van der Waals surface area contributed by atoms with Gasteiger partial charge in [0.1, 0.15) is 5.82 Å². The SMILES string of the molecule is CNCC(C)OCc1ccc(Cl)c(F)c1. The van der Waals surface area contributed by atoms with Crippen molar-refractivity contribution < 1.29 is 9.13 Å². The Balaban J connectivity index is 2.47. The third kappa shape index (κ3) is 4.16. The molecule has 15 heavy (non-hydrogen) atoms. The summed E-state index contributed by atoms with van der Waals surface area (Å²) in [4.78, 5) is 0. The predicted molar refractivity (Wildman–Crippen MR) is 59.6 cm³/mol. The van der Waals surface area contributed by atoms with E-state index in [1.807, 2.05) is 14.0 Å². The van der Waals surface area contributed by atoms with Gasteiger partial charge in [0.2, 0.25) is 0 Å². The molecule has 1 N–H and O–H groups in total. The van der Waals surface area contributed by atoms with E-state index in [1.165, 1.54) is 12.1 Å². The highest BCUT2D eigenvalue weighted by Crippen LogP contribution is 2.16. The van der Waals surface area contributed by atoms with Crippen molar-refractivity contribution in [1.29, 1.82) is 0 Å².